The highest BCUT2D eigenvalue weighted by Gasteiger charge is 2.26. The summed E-state index contributed by atoms with van der Waals surface area (Å²) in [5.74, 6) is 0.126. The predicted octanol–water partition coefficient (Wildman–Crippen LogP) is 1.15. The number of nitrogens with one attached hydrogen (secondary N) is 1. The summed E-state index contributed by atoms with van der Waals surface area (Å²) in [5.41, 5.74) is 1.58. The van der Waals surface area contributed by atoms with Crippen molar-refractivity contribution in [2.45, 2.75) is 18.4 Å². The Morgan fingerprint density at radius 2 is 2.03 bits per heavy atom. The van der Waals surface area contributed by atoms with Gasteiger partial charge in [0.2, 0.25) is 11.7 Å². The number of piperazine rings is 1. The van der Waals surface area contributed by atoms with E-state index in [-0.39, 0.29) is 24.2 Å². The van der Waals surface area contributed by atoms with Gasteiger partial charge in [0.05, 0.1) is 19.1 Å². The van der Waals surface area contributed by atoms with Gasteiger partial charge in [-0.2, -0.15) is 0 Å². The molecule has 10 heteroatoms. The lowest BCUT2D eigenvalue weighted by atomic mass is 9.98. The molecular formula is C23H29N3O7. The summed E-state index contributed by atoms with van der Waals surface area (Å²) in [5, 5.41) is 22.6. The number of carbonyl (C=O) groups is 2. The molecule has 2 unspecified atom stereocenters. The zero-order chi connectivity index (χ0) is 23.4. The summed E-state index contributed by atoms with van der Waals surface area (Å²) >= 11 is 0. The Morgan fingerprint density at radius 1 is 1.24 bits per heavy atom. The molecule has 2 fully saturated rings. The van der Waals surface area contributed by atoms with Gasteiger partial charge in [-0.25, -0.2) is 4.79 Å². The van der Waals surface area contributed by atoms with Gasteiger partial charge in [0.1, 0.15) is 12.7 Å². The van der Waals surface area contributed by atoms with Gasteiger partial charge in [-0.1, -0.05) is 6.07 Å². The summed E-state index contributed by atoms with van der Waals surface area (Å²) in [7, 11) is 1.56. The van der Waals surface area contributed by atoms with Crippen LogP contribution in [0, 0.1) is 0 Å². The highest BCUT2D eigenvalue weighted by Crippen LogP contribution is 2.33. The van der Waals surface area contributed by atoms with Crippen LogP contribution in [0.25, 0.3) is 0 Å². The van der Waals surface area contributed by atoms with Crippen LogP contribution in [0.5, 0.6) is 11.5 Å². The second-order valence-electron chi connectivity index (χ2n) is 8.31. The summed E-state index contributed by atoms with van der Waals surface area (Å²) < 4.78 is 16.3. The van der Waals surface area contributed by atoms with E-state index in [4.69, 9.17) is 13.9 Å². The number of carboxylic acids is 1. The van der Waals surface area contributed by atoms with Crippen molar-refractivity contribution in [3.8, 4) is 11.5 Å². The molecule has 2 saturated heterocycles. The molecule has 33 heavy (non-hydrogen) atoms. The Kier molecular flexibility index (Phi) is 7.05. The maximum Gasteiger partial charge on any atom is 0.374 e. The molecule has 0 bridgehead atoms. The molecule has 1 amide bonds. The number of aliphatic hydroxyl groups is 1. The number of anilines is 1. The SMILES string of the molecule is COc1ccc(C2CNC(=O)C2)cc1OCC(O)CN1CCN(c2ccoc2C(=O)O)CC1. The van der Waals surface area contributed by atoms with E-state index in [0.29, 0.717) is 62.9 Å². The first-order valence-corrected chi connectivity index (χ1v) is 11.0. The van der Waals surface area contributed by atoms with Gasteiger partial charge in [0, 0.05) is 57.7 Å². The number of nitrogens with zero attached hydrogens (tertiary/aromatic N) is 2. The van der Waals surface area contributed by atoms with Crippen molar-refractivity contribution in [2.24, 2.45) is 0 Å². The zero-order valence-corrected chi connectivity index (χ0v) is 18.5. The lowest BCUT2D eigenvalue weighted by Crippen LogP contribution is -2.49. The minimum atomic E-state index is -1.08. The van der Waals surface area contributed by atoms with E-state index < -0.39 is 12.1 Å². The normalized spacial score (nSPS) is 19.9. The standard InChI is InChI=1S/C23H29N3O7/c1-31-19-3-2-15(16-11-21(28)24-12-16)10-20(19)33-14-17(27)13-25-5-7-26(8-6-25)18-4-9-32-22(18)23(29)30/h2-4,9-10,16-17,27H,5-8,11-14H2,1H3,(H,24,28)(H,29,30). The molecule has 1 aromatic heterocycles. The fraction of sp³-hybridized carbons (Fsp3) is 0.478. The number of hydrogen-bond acceptors (Lipinski definition) is 8. The molecule has 3 heterocycles. The van der Waals surface area contributed by atoms with Crippen molar-refractivity contribution in [1.29, 1.82) is 0 Å². The van der Waals surface area contributed by atoms with Crippen LogP contribution in [0.4, 0.5) is 5.69 Å². The Labute approximate surface area is 191 Å². The highest BCUT2D eigenvalue weighted by molar-refractivity contribution is 5.91. The first-order valence-electron chi connectivity index (χ1n) is 11.0. The monoisotopic (exact) mass is 459 g/mol. The number of ether oxygens (including phenoxy) is 2. The van der Waals surface area contributed by atoms with Crippen LogP contribution in [-0.4, -0.2) is 86.1 Å². The van der Waals surface area contributed by atoms with E-state index in [0.717, 1.165) is 5.56 Å². The van der Waals surface area contributed by atoms with E-state index in [1.165, 1.54) is 6.26 Å². The van der Waals surface area contributed by atoms with E-state index >= 15 is 0 Å². The summed E-state index contributed by atoms with van der Waals surface area (Å²) in [6, 6.07) is 7.30. The Morgan fingerprint density at radius 3 is 2.70 bits per heavy atom. The molecule has 0 aliphatic carbocycles. The number of amides is 1. The Bertz CT molecular complexity index is 984. The largest absolute Gasteiger partial charge is 0.493 e. The average molecular weight is 459 g/mol. The molecule has 3 N–H and O–H groups in total. The minimum Gasteiger partial charge on any atom is -0.493 e. The molecule has 2 atom stereocenters. The lowest BCUT2D eigenvalue weighted by Gasteiger charge is -2.36. The predicted molar refractivity (Wildman–Crippen MR) is 119 cm³/mol. The molecule has 10 nitrogen and oxygen atoms in total. The average Bonchev–Trinajstić information content (AvgIpc) is 3.47. The third-order valence-corrected chi connectivity index (χ3v) is 6.09. The fourth-order valence-electron chi connectivity index (χ4n) is 4.32. The Hall–Kier alpha value is -3.24. The number of rotatable bonds is 9. The molecule has 0 radical (unpaired) electrons. The van der Waals surface area contributed by atoms with Crippen molar-refractivity contribution in [3.63, 3.8) is 0 Å². The molecular weight excluding hydrogens is 430 g/mol. The van der Waals surface area contributed by atoms with Gasteiger partial charge in [-0.05, 0) is 17.7 Å². The molecule has 2 aliphatic rings. The van der Waals surface area contributed by atoms with Crippen molar-refractivity contribution in [3.05, 3.63) is 41.9 Å². The topological polar surface area (TPSA) is 125 Å². The third-order valence-electron chi connectivity index (χ3n) is 6.09. The van der Waals surface area contributed by atoms with Crippen LogP contribution in [0.15, 0.2) is 34.9 Å². The molecule has 2 aliphatic heterocycles. The first kappa shape index (κ1) is 22.9. The van der Waals surface area contributed by atoms with Gasteiger partial charge < -0.3 is 34.3 Å². The van der Waals surface area contributed by atoms with Gasteiger partial charge in [-0.3, -0.25) is 9.69 Å². The van der Waals surface area contributed by atoms with Crippen LogP contribution >= 0.6 is 0 Å². The van der Waals surface area contributed by atoms with Crippen molar-refractivity contribution in [2.75, 3.05) is 57.9 Å². The van der Waals surface area contributed by atoms with Crippen LogP contribution in [0.3, 0.4) is 0 Å². The minimum absolute atomic E-state index is 0.0424. The number of methoxy groups -OCH3 is 1. The maximum absolute atomic E-state index is 11.5. The molecule has 0 spiro atoms. The van der Waals surface area contributed by atoms with Crippen molar-refractivity contribution < 1.29 is 33.7 Å². The summed E-state index contributed by atoms with van der Waals surface area (Å²) in [6.45, 7) is 3.78. The van der Waals surface area contributed by atoms with E-state index in [1.54, 1.807) is 13.2 Å². The number of carboxylic acid groups (broad SMARTS) is 1. The maximum atomic E-state index is 11.5. The van der Waals surface area contributed by atoms with Crippen LogP contribution < -0.4 is 19.7 Å². The Balaban J connectivity index is 1.28. The number of benzene rings is 1. The number of furan rings is 1. The van der Waals surface area contributed by atoms with Crippen molar-refractivity contribution >= 4 is 17.6 Å². The molecule has 1 aromatic carbocycles. The third kappa shape index (κ3) is 5.40. The fourth-order valence-corrected chi connectivity index (χ4v) is 4.32. The van der Waals surface area contributed by atoms with Crippen LogP contribution in [-0.2, 0) is 4.79 Å². The quantitative estimate of drug-likeness (QED) is 0.506. The smallest absolute Gasteiger partial charge is 0.374 e. The van der Waals surface area contributed by atoms with Crippen LogP contribution in [0.1, 0.15) is 28.5 Å². The zero-order valence-electron chi connectivity index (χ0n) is 18.5. The first-order chi connectivity index (χ1) is 15.9. The molecule has 2 aromatic rings. The number of aromatic carboxylic acids is 1. The summed E-state index contributed by atoms with van der Waals surface area (Å²) in [4.78, 5) is 26.9. The number of β-amino-alcohol motifs (C(OH)–C–C–N with tert-alkyl or cyclic N) is 1. The van der Waals surface area contributed by atoms with Gasteiger partial charge >= 0.3 is 5.97 Å². The second-order valence-corrected chi connectivity index (χ2v) is 8.31. The molecule has 4 rings (SSSR count). The second kappa shape index (κ2) is 10.1. The van der Waals surface area contributed by atoms with Gasteiger partial charge in [0.25, 0.3) is 0 Å². The van der Waals surface area contributed by atoms with Crippen LogP contribution in [0.2, 0.25) is 0 Å². The van der Waals surface area contributed by atoms with Gasteiger partial charge in [-0.15, -0.1) is 0 Å². The van der Waals surface area contributed by atoms with E-state index in [1.807, 2.05) is 23.1 Å². The lowest BCUT2D eigenvalue weighted by molar-refractivity contribution is -0.119. The van der Waals surface area contributed by atoms with E-state index in [9.17, 15) is 19.8 Å². The number of aliphatic hydroxyl groups excluding tert-OH is 1. The van der Waals surface area contributed by atoms with Crippen molar-refractivity contribution in [1.82, 2.24) is 10.2 Å². The van der Waals surface area contributed by atoms with Gasteiger partial charge in [0.15, 0.2) is 11.5 Å². The number of hydrogen-bond donors (Lipinski definition) is 3. The van der Waals surface area contributed by atoms with E-state index in [2.05, 4.69) is 10.2 Å². The highest BCUT2D eigenvalue weighted by atomic mass is 16.5. The molecule has 178 valence electrons. The number of carbonyl (C=O) groups excluding carboxylic acids is 1. The molecule has 0 saturated carbocycles. The summed E-state index contributed by atoms with van der Waals surface area (Å²) in [6.07, 6.45) is 1.13.